The van der Waals surface area contributed by atoms with Gasteiger partial charge in [0.2, 0.25) is 11.8 Å². The van der Waals surface area contributed by atoms with Crippen molar-refractivity contribution in [3.8, 4) is 5.75 Å². The van der Waals surface area contributed by atoms with E-state index in [1.807, 2.05) is 38.1 Å². The molecule has 0 unspecified atom stereocenters. The molecule has 0 aromatic heterocycles. The van der Waals surface area contributed by atoms with Gasteiger partial charge in [0.1, 0.15) is 11.8 Å². The largest absolute Gasteiger partial charge is 0.497 e. The van der Waals surface area contributed by atoms with E-state index in [2.05, 4.69) is 36.5 Å². The van der Waals surface area contributed by atoms with Gasteiger partial charge in [0.05, 0.1) is 7.11 Å². The minimum absolute atomic E-state index is 0.0331. The summed E-state index contributed by atoms with van der Waals surface area (Å²) in [5, 5.41) is 3.00. The third kappa shape index (κ3) is 7.94. The van der Waals surface area contributed by atoms with Gasteiger partial charge in [0.25, 0.3) is 0 Å². The molecule has 0 bridgehead atoms. The summed E-state index contributed by atoms with van der Waals surface area (Å²) >= 11 is 1.65. The molecule has 0 radical (unpaired) electrons. The maximum absolute atomic E-state index is 13.1. The Morgan fingerprint density at radius 1 is 1.13 bits per heavy atom. The van der Waals surface area contributed by atoms with Crippen LogP contribution < -0.4 is 10.1 Å². The monoisotopic (exact) mass is 442 g/mol. The van der Waals surface area contributed by atoms with E-state index in [0.717, 1.165) is 22.6 Å². The van der Waals surface area contributed by atoms with E-state index in [0.29, 0.717) is 18.7 Å². The Labute approximate surface area is 190 Å². The number of amides is 2. The molecule has 0 aliphatic carbocycles. The first kappa shape index (κ1) is 24.8. The zero-order valence-corrected chi connectivity index (χ0v) is 20.0. The normalized spacial score (nSPS) is 12.7. The Balaban J connectivity index is 2.09. The van der Waals surface area contributed by atoms with Crippen LogP contribution in [-0.2, 0) is 16.1 Å². The van der Waals surface area contributed by atoms with Crippen molar-refractivity contribution in [2.24, 2.45) is 0 Å². The number of nitrogens with one attached hydrogen (secondary N) is 1. The third-order valence-electron chi connectivity index (χ3n) is 5.26. The number of ether oxygens (including phenoxy) is 1. The Kier molecular flexibility index (Phi) is 9.92. The molecule has 2 rings (SSSR count). The molecule has 0 saturated carbocycles. The van der Waals surface area contributed by atoms with Gasteiger partial charge in [0, 0.05) is 29.7 Å². The fourth-order valence-corrected chi connectivity index (χ4v) is 3.89. The first-order chi connectivity index (χ1) is 14.8. The smallest absolute Gasteiger partial charge is 0.242 e. The van der Waals surface area contributed by atoms with Gasteiger partial charge in [-0.1, -0.05) is 36.8 Å². The van der Waals surface area contributed by atoms with E-state index in [1.54, 1.807) is 30.7 Å². The molecule has 31 heavy (non-hydrogen) atoms. The van der Waals surface area contributed by atoms with Crippen LogP contribution >= 0.6 is 11.8 Å². The van der Waals surface area contributed by atoms with Crippen LogP contribution in [0.4, 0.5) is 0 Å². The lowest BCUT2D eigenvalue weighted by Crippen LogP contribution is -2.49. The molecule has 0 aliphatic rings. The number of thioether (sulfide) groups is 1. The van der Waals surface area contributed by atoms with Crippen molar-refractivity contribution in [1.82, 2.24) is 10.2 Å². The van der Waals surface area contributed by atoms with Gasteiger partial charge in [0.15, 0.2) is 0 Å². The number of nitrogens with zero attached hydrogens (tertiary/aromatic N) is 1. The predicted molar refractivity (Wildman–Crippen MR) is 127 cm³/mol. The fourth-order valence-electron chi connectivity index (χ4n) is 3.05. The van der Waals surface area contributed by atoms with Crippen molar-refractivity contribution in [2.75, 3.05) is 12.9 Å². The predicted octanol–water partition coefficient (Wildman–Crippen LogP) is 4.82. The number of methoxy groups -OCH3 is 1. The second-order valence-electron chi connectivity index (χ2n) is 7.78. The molecule has 0 spiro atoms. The average molecular weight is 443 g/mol. The quantitative estimate of drug-likeness (QED) is 0.507. The molecule has 5 nitrogen and oxygen atoms in total. The fraction of sp³-hybridized carbons (Fsp3) is 0.440. The van der Waals surface area contributed by atoms with Crippen molar-refractivity contribution in [3.05, 3.63) is 59.7 Å². The molecular formula is C25H34N2O3S. The molecule has 6 heteroatoms. The number of rotatable bonds is 11. The van der Waals surface area contributed by atoms with E-state index in [9.17, 15) is 9.59 Å². The van der Waals surface area contributed by atoms with Crippen LogP contribution in [0.5, 0.6) is 5.75 Å². The molecule has 2 atom stereocenters. The van der Waals surface area contributed by atoms with Crippen molar-refractivity contribution in [3.63, 3.8) is 0 Å². The van der Waals surface area contributed by atoms with E-state index < -0.39 is 6.04 Å². The first-order valence-electron chi connectivity index (χ1n) is 10.8. The Morgan fingerprint density at radius 2 is 1.84 bits per heavy atom. The highest BCUT2D eigenvalue weighted by Gasteiger charge is 2.26. The number of benzene rings is 2. The zero-order chi connectivity index (χ0) is 22.8. The van der Waals surface area contributed by atoms with Gasteiger partial charge in [-0.2, -0.15) is 0 Å². The Hall–Kier alpha value is -2.47. The SMILES string of the molecule is CC[C@@H](C)NC(=O)[C@H](C)N(Cc1cccc(OC)c1)C(=O)CCSc1ccc(C)cc1. The first-order valence-corrected chi connectivity index (χ1v) is 11.7. The summed E-state index contributed by atoms with van der Waals surface area (Å²) in [6.07, 6.45) is 1.21. The molecule has 168 valence electrons. The van der Waals surface area contributed by atoms with E-state index in [4.69, 9.17) is 4.74 Å². The highest BCUT2D eigenvalue weighted by atomic mass is 32.2. The topological polar surface area (TPSA) is 58.6 Å². The summed E-state index contributed by atoms with van der Waals surface area (Å²) in [4.78, 5) is 28.7. The molecule has 0 aliphatic heterocycles. The van der Waals surface area contributed by atoms with Crippen molar-refractivity contribution in [2.45, 2.75) is 64.1 Å². The maximum Gasteiger partial charge on any atom is 0.242 e. The standard InChI is InChI=1S/C25H34N2O3S/c1-6-19(3)26-25(29)20(4)27(17-21-8-7-9-22(16-21)30-5)24(28)14-15-31-23-12-10-18(2)11-13-23/h7-13,16,19-20H,6,14-15,17H2,1-5H3,(H,26,29)/t19-,20+/m1/s1. The Morgan fingerprint density at radius 3 is 2.48 bits per heavy atom. The Bertz CT molecular complexity index is 854. The van der Waals surface area contributed by atoms with Crippen LogP contribution in [0.25, 0.3) is 0 Å². The number of hydrogen-bond acceptors (Lipinski definition) is 4. The average Bonchev–Trinajstić information content (AvgIpc) is 2.78. The lowest BCUT2D eigenvalue weighted by atomic mass is 10.1. The van der Waals surface area contributed by atoms with E-state index in [-0.39, 0.29) is 17.9 Å². The van der Waals surface area contributed by atoms with E-state index in [1.165, 1.54) is 5.56 Å². The minimum atomic E-state index is -0.558. The maximum atomic E-state index is 13.1. The van der Waals surface area contributed by atoms with Crippen molar-refractivity contribution in [1.29, 1.82) is 0 Å². The van der Waals surface area contributed by atoms with Gasteiger partial charge in [-0.25, -0.2) is 0 Å². The number of aryl methyl sites for hydroxylation is 1. The van der Waals surface area contributed by atoms with Gasteiger partial charge in [-0.3, -0.25) is 9.59 Å². The second-order valence-corrected chi connectivity index (χ2v) is 8.95. The van der Waals surface area contributed by atoms with Crippen LogP contribution in [0.2, 0.25) is 0 Å². The highest BCUT2D eigenvalue weighted by Crippen LogP contribution is 2.21. The van der Waals surface area contributed by atoms with Gasteiger partial charge < -0.3 is 15.0 Å². The van der Waals surface area contributed by atoms with Gasteiger partial charge in [-0.05, 0) is 57.0 Å². The summed E-state index contributed by atoms with van der Waals surface area (Å²) in [5.74, 6) is 1.23. The number of carbonyl (C=O) groups excluding carboxylic acids is 2. The molecule has 2 aromatic rings. The van der Waals surface area contributed by atoms with Crippen LogP contribution in [-0.4, -0.2) is 41.7 Å². The van der Waals surface area contributed by atoms with Crippen molar-refractivity contribution >= 4 is 23.6 Å². The van der Waals surface area contributed by atoms with Crippen LogP contribution in [0.3, 0.4) is 0 Å². The van der Waals surface area contributed by atoms with Crippen LogP contribution in [0.1, 0.15) is 44.7 Å². The molecule has 2 aromatic carbocycles. The molecule has 0 saturated heterocycles. The molecule has 1 N–H and O–H groups in total. The number of hydrogen-bond donors (Lipinski definition) is 1. The van der Waals surface area contributed by atoms with Gasteiger partial charge >= 0.3 is 0 Å². The number of carbonyl (C=O) groups is 2. The molecule has 0 heterocycles. The summed E-state index contributed by atoms with van der Waals surface area (Å²) in [6.45, 7) is 8.21. The van der Waals surface area contributed by atoms with Crippen LogP contribution in [0.15, 0.2) is 53.4 Å². The summed E-state index contributed by atoms with van der Waals surface area (Å²) in [5.41, 5.74) is 2.15. The minimum Gasteiger partial charge on any atom is -0.497 e. The van der Waals surface area contributed by atoms with E-state index >= 15 is 0 Å². The third-order valence-corrected chi connectivity index (χ3v) is 6.27. The lowest BCUT2D eigenvalue weighted by Gasteiger charge is -2.30. The van der Waals surface area contributed by atoms with Gasteiger partial charge in [-0.15, -0.1) is 11.8 Å². The summed E-state index contributed by atoms with van der Waals surface area (Å²) < 4.78 is 5.31. The molecular weight excluding hydrogens is 408 g/mol. The highest BCUT2D eigenvalue weighted by molar-refractivity contribution is 7.99. The van der Waals surface area contributed by atoms with Crippen molar-refractivity contribution < 1.29 is 14.3 Å². The summed E-state index contributed by atoms with van der Waals surface area (Å²) in [6, 6.07) is 15.4. The lowest BCUT2D eigenvalue weighted by molar-refractivity contribution is -0.140. The molecule has 2 amide bonds. The zero-order valence-electron chi connectivity index (χ0n) is 19.2. The molecule has 0 fully saturated rings. The van der Waals surface area contributed by atoms with Crippen LogP contribution in [0, 0.1) is 6.92 Å². The second kappa shape index (κ2) is 12.4. The summed E-state index contributed by atoms with van der Waals surface area (Å²) in [7, 11) is 1.62.